The Hall–Kier alpha value is -2.26. The Kier molecular flexibility index (Phi) is 8.94. The van der Waals surface area contributed by atoms with Gasteiger partial charge in [-0.3, -0.25) is 14.5 Å². The monoisotopic (exact) mass is 498 g/mol. The summed E-state index contributed by atoms with van der Waals surface area (Å²) in [6.45, 7) is 4.75. The minimum Gasteiger partial charge on any atom is -0.383 e. The van der Waals surface area contributed by atoms with E-state index in [1.54, 1.807) is 12.0 Å². The molecule has 0 bridgehead atoms. The molecule has 1 aromatic carbocycles. The van der Waals surface area contributed by atoms with E-state index in [4.69, 9.17) is 10.5 Å². The van der Waals surface area contributed by atoms with Gasteiger partial charge in [-0.2, -0.15) is 0 Å². The zero-order chi connectivity index (χ0) is 24.8. The number of benzene rings is 1. The molecule has 2 atom stereocenters. The minimum atomic E-state index is -0.480. The zero-order valence-electron chi connectivity index (χ0n) is 20.8. The number of nitrogens with one attached hydrogen (secondary N) is 1. The molecule has 1 aliphatic carbocycles. The molecule has 8 heteroatoms. The third-order valence-electron chi connectivity index (χ3n) is 7.43. The van der Waals surface area contributed by atoms with Crippen LogP contribution in [0.1, 0.15) is 52.9 Å². The first-order chi connectivity index (χ1) is 17.0. The molecule has 3 N–H and O–H groups in total. The van der Waals surface area contributed by atoms with Gasteiger partial charge in [0.2, 0.25) is 5.91 Å². The number of hydrogen-bond donors (Lipinski definition) is 2. The van der Waals surface area contributed by atoms with Gasteiger partial charge < -0.3 is 20.7 Å². The van der Waals surface area contributed by atoms with E-state index < -0.39 is 6.04 Å². The summed E-state index contributed by atoms with van der Waals surface area (Å²) in [5.74, 6) is -0.101. The van der Waals surface area contributed by atoms with Gasteiger partial charge in [-0.15, -0.1) is 11.3 Å². The van der Waals surface area contributed by atoms with Crippen molar-refractivity contribution in [2.24, 2.45) is 5.73 Å². The van der Waals surface area contributed by atoms with Crippen LogP contribution in [0.15, 0.2) is 41.8 Å². The lowest BCUT2D eigenvalue weighted by Gasteiger charge is -2.29. The normalized spacial score (nSPS) is 24.6. The topological polar surface area (TPSA) is 87.9 Å². The first-order valence-electron chi connectivity index (χ1n) is 12.6. The van der Waals surface area contributed by atoms with Crippen molar-refractivity contribution in [2.45, 2.75) is 69.7 Å². The molecular formula is C27H38N4O3S. The molecule has 2 heterocycles. The van der Waals surface area contributed by atoms with E-state index in [1.165, 1.54) is 22.5 Å². The van der Waals surface area contributed by atoms with Crippen molar-refractivity contribution in [1.29, 1.82) is 0 Å². The number of likely N-dealkylation sites (tertiary alicyclic amines) is 1. The number of methoxy groups -OCH3 is 1. The highest BCUT2D eigenvalue weighted by Gasteiger charge is 2.42. The Morgan fingerprint density at radius 1 is 1.17 bits per heavy atom. The summed E-state index contributed by atoms with van der Waals surface area (Å²) in [6, 6.07) is 12.1. The van der Waals surface area contributed by atoms with E-state index in [0.717, 1.165) is 38.8 Å². The largest absolute Gasteiger partial charge is 0.383 e. The van der Waals surface area contributed by atoms with Crippen LogP contribution in [0, 0.1) is 6.92 Å². The minimum absolute atomic E-state index is 0.0412. The number of nitrogens with two attached hydrogens (primary N) is 1. The van der Waals surface area contributed by atoms with Gasteiger partial charge in [0.05, 0.1) is 11.5 Å². The smallest absolute Gasteiger partial charge is 0.264 e. The number of carbonyl (C=O) groups is 2. The maximum Gasteiger partial charge on any atom is 0.264 e. The second-order valence-corrected chi connectivity index (χ2v) is 10.8. The summed E-state index contributed by atoms with van der Waals surface area (Å²) in [5, 5.41) is 5.15. The molecule has 1 aliphatic heterocycles. The van der Waals surface area contributed by atoms with Crippen LogP contribution in [0.4, 0.5) is 0 Å². The van der Waals surface area contributed by atoms with Crippen molar-refractivity contribution < 1.29 is 14.3 Å². The molecule has 1 saturated carbocycles. The molecular weight excluding hydrogens is 460 g/mol. The average Bonchev–Trinajstić information content (AvgIpc) is 3.55. The molecule has 2 amide bonds. The quantitative estimate of drug-likeness (QED) is 0.555. The van der Waals surface area contributed by atoms with Gasteiger partial charge >= 0.3 is 0 Å². The molecule has 0 radical (unpaired) electrons. The number of carbonyl (C=O) groups excluding carboxylic acids is 2. The molecule has 2 unspecified atom stereocenters. The Morgan fingerprint density at radius 2 is 1.94 bits per heavy atom. The number of nitrogens with zero attached hydrogens (tertiary/aromatic N) is 2. The van der Waals surface area contributed by atoms with Crippen LogP contribution in [-0.2, 0) is 16.1 Å². The number of hydrogen-bond acceptors (Lipinski definition) is 6. The number of amides is 2. The highest BCUT2D eigenvalue weighted by atomic mass is 32.1. The Morgan fingerprint density at radius 3 is 2.63 bits per heavy atom. The molecule has 2 aliphatic rings. The summed E-state index contributed by atoms with van der Waals surface area (Å²) in [4.78, 5) is 31.8. The predicted octanol–water partition coefficient (Wildman–Crippen LogP) is 3.17. The fourth-order valence-corrected chi connectivity index (χ4v) is 5.94. The first-order valence-corrected chi connectivity index (χ1v) is 13.5. The number of rotatable bonds is 9. The Bertz CT molecular complexity index is 975. The van der Waals surface area contributed by atoms with E-state index >= 15 is 0 Å². The van der Waals surface area contributed by atoms with E-state index in [2.05, 4.69) is 35.3 Å². The average molecular weight is 499 g/mol. The van der Waals surface area contributed by atoms with Crippen molar-refractivity contribution in [3.63, 3.8) is 0 Å². The highest BCUT2D eigenvalue weighted by Crippen LogP contribution is 2.28. The van der Waals surface area contributed by atoms with Crippen LogP contribution in [0.2, 0.25) is 0 Å². The SMILES string of the molecule is COCCN(Cc1ccccc1C)C1CC(C(=O)NC2CCC(N)CC2)N(C(=O)c2cccs2)C1. The highest BCUT2D eigenvalue weighted by molar-refractivity contribution is 7.12. The standard InChI is InChI=1S/C27H38N4O3S/c1-19-6-3-4-7-20(19)17-30(13-14-34-2)23-16-24(26(32)29-22-11-9-21(28)10-12-22)31(18-23)27(33)25-8-5-15-35-25/h3-8,15,21-24H,9-14,16-18,28H2,1-2H3,(H,29,32). The van der Waals surface area contributed by atoms with Gasteiger partial charge in [0, 0.05) is 44.9 Å². The third-order valence-corrected chi connectivity index (χ3v) is 8.28. The zero-order valence-corrected chi connectivity index (χ0v) is 21.6. The van der Waals surface area contributed by atoms with Gasteiger partial charge in [0.15, 0.2) is 0 Å². The summed E-state index contributed by atoms with van der Waals surface area (Å²) < 4.78 is 5.41. The summed E-state index contributed by atoms with van der Waals surface area (Å²) >= 11 is 1.43. The van der Waals surface area contributed by atoms with Gasteiger partial charge in [-0.25, -0.2) is 0 Å². The summed E-state index contributed by atoms with van der Waals surface area (Å²) in [7, 11) is 1.71. The van der Waals surface area contributed by atoms with Gasteiger partial charge in [-0.1, -0.05) is 30.3 Å². The van der Waals surface area contributed by atoms with E-state index in [1.807, 2.05) is 23.6 Å². The Labute approximate surface area is 212 Å². The maximum atomic E-state index is 13.5. The number of thiophene rings is 1. The van der Waals surface area contributed by atoms with E-state index in [9.17, 15) is 9.59 Å². The molecule has 0 spiro atoms. The van der Waals surface area contributed by atoms with Crippen molar-refractivity contribution >= 4 is 23.2 Å². The van der Waals surface area contributed by atoms with Crippen molar-refractivity contribution in [3.05, 3.63) is 57.8 Å². The van der Waals surface area contributed by atoms with E-state index in [0.29, 0.717) is 24.4 Å². The van der Waals surface area contributed by atoms with Crippen LogP contribution in [-0.4, -0.2) is 72.6 Å². The van der Waals surface area contributed by atoms with E-state index in [-0.39, 0.29) is 29.9 Å². The molecule has 7 nitrogen and oxygen atoms in total. The van der Waals surface area contributed by atoms with Crippen LogP contribution in [0.3, 0.4) is 0 Å². The van der Waals surface area contributed by atoms with Gasteiger partial charge in [0.1, 0.15) is 6.04 Å². The lowest BCUT2D eigenvalue weighted by Crippen LogP contribution is -2.50. The molecule has 4 rings (SSSR count). The second-order valence-electron chi connectivity index (χ2n) is 9.85. The molecule has 35 heavy (non-hydrogen) atoms. The predicted molar refractivity (Wildman–Crippen MR) is 139 cm³/mol. The fourth-order valence-electron chi connectivity index (χ4n) is 5.26. The molecule has 190 valence electrons. The lowest BCUT2D eigenvalue weighted by molar-refractivity contribution is -0.125. The number of ether oxygens (including phenoxy) is 1. The molecule has 1 saturated heterocycles. The maximum absolute atomic E-state index is 13.5. The lowest BCUT2D eigenvalue weighted by atomic mass is 9.91. The molecule has 1 aromatic heterocycles. The second kappa shape index (κ2) is 12.1. The fraction of sp³-hybridized carbons (Fsp3) is 0.556. The molecule has 2 fully saturated rings. The Balaban J connectivity index is 1.53. The molecule has 2 aromatic rings. The summed E-state index contributed by atoms with van der Waals surface area (Å²) in [6.07, 6.45) is 4.27. The van der Waals surface area contributed by atoms with Gasteiger partial charge in [-0.05, 0) is 61.6 Å². The summed E-state index contributed by atoms with van der Waals surface area (Å²) in [5.41, 5.74) is 8.55. The van der Waals surface area contributed by atoms with Crippen molar-refractivity contribution in [3.8, 4) is 0 Å². The van der Waals surface area contributed by atoms with Gasteiger partial charge in [0.25, 0.3) is 5.91 Å². The van der Waals surface area contributed by atoms with Crippen LogP contribution in [0.5, 0.6) is 0 Å². The van der Waals surface area contributed by atoms with Crippen molar-refractivity contribution in [1.82, 2.24) is 15.1 Å². The van der Waals surface area contributed by atoms with Crippen LogP contribution < -0.4 is 11.1 Å². The van der Waals surface area contributed by atoms with Crippen LogP contribution in [0.25, 0.3) is 0 Å². The van der Waals surface area contributed by atoms with Crippen LogP contribution >= 0.6 is 11.3 Å². The number of aryl methyl sites for hydroxylation is 1. The first kappa shape index (κ1) is 25.8. The third kappa shape index (κ3) is 6.50. The van der Waals surface area contributed by atoms with Crippen molar-refractivity contribution in [2.75, 3.05) is 26.8 Å².